The number of rotatable bonds is 3. The standard InChI is InChI=1S/C16H11N5O2/c1-23-16(22)11-4-2-6-13(8-11)21-15(14(9-17)19-20-21)12-5-3-7-18-10-12/h2-8,10H,1H3. The van der Waals surface area contributed by atoms with E-state index in [0.29, 0.717) is 22.5 Å². The summed E-state index contributed by atoms with van der Waals surface area (Å²) in [5.74, 6) is -0.449. The lowest BCUT2D eigenvalue weighted by molar-refractivity contribution is 0.0600. The summed E-state index contributed by atoms with van der Waals surface area (Å²) in [5.41, 5.74) is 2.39. The van der Waals surface area contributed by atoms with Gasteiger partial charge in [0.25, 0.3) is 0 Å². The van der Waals surface area contributed by atoms with E-state index in [1.54, 1.807) is 42.7 Å². The minimum atomic E-state index is -0.449. The SMILES string of the molecule is COC(=O)c1cccc(-n2nnc(C#N)c2-c2cccnc2)c1. The van der Waals surface area contributed by atoms with Crippen LogP contribution in [0.15, 0.2) is 48.8 Å². The van der Waals surface area contributed by atoms with Crippen LogP contribution in [0.1, 0.15) is 16.1 Å². The molecule has 0 radical (unpaired) electrons. The van der Waals surface area contributed by atoms with Gasteiger partial charge in [-0.2, -0.15) is 5.26 Å². The molecule has 7 heteroatoms. The summed E-state index contributed by atoms with van der Waals surface area (Å²) in [6, 6.07) is 12.3. The number of nitrogens with zero attached hydrogens (tertiary/aromatic N) is 5. The van der Waals surface area contributed by atoms with Gasteiger partial charge in [-0.1, -0.05) is 11.3 Å². The molecule has 0 unspecified atom stereocenters. The predicted molar refractivity (Wildman–Crippen MR) is 80.6 cm³/mol. The lowest BCUT2D eigenvalue weighted by Crippen LogP contribution is -2.05. The van der Waals surface area contributed by atoms with Crippen molar-refractivity contribution in [3.05, 3.63) is 60.0 Å². The van der Waals surface area contributed by atoms with E-state index in [4.69, 9.17) is 4.74 Å². The largest absolute Gasteiger partial charge is 0.465 e. The number of carbonyl (C=O) groups excluding carboxylic acids is 1. The Morgan fingerprint density at radius 1 is 1.30 bits per heavy atom. The number of aromatic nitrogens is 4. The molecule has 0 amide bonds. The molecule has 0 saturated carbocycles. The highest BCUT2D eigenvalue weighted by atomic mass is 16.5. The molecular weight excluding hydrogens is 294 g/mol. The van der Waals surface area contributed by atoms with E-state index in [9.17, 15) is 10.1 Å². The molecule has 0 spiro atoms. The molecule has 112 valence electrons. The highest BCUT2D eigenvalue weighted by molar-refractivity contribution is 5.90. The normalized spacial score (nSPS) is 10.1. The van der Waals surface area contributed by atoms with Crippen LogP contribution in [0.5, 0.6) is 0 Å². The zero-order valence-electron chi connectivity index (χ0n) is 12.2. The number of pyridine rings is 1. The van der Waals surface area contributed by atoms with E-state index in [0.717, 1.165) is 0 Å². The summed E-state index contributed by atoms with van der Waals surface area (Å²) < 4.78 is 6.22. The predicted octanol–water partition coefficient (Wildman–Crippen LogP) is 1.99. The average Bonchev–Trinajstić information content (AvgIpc) is 3.06. The number of carbonyl (C=O) groups is 1. The molecule has 2 heterocycles. The van der Waals surface area contributed by atoms with Gasteiger partial charge < -0.3 is 4.74 Å². The number of benzene rings is 1. The topological polar surface area (TPSA) is 93.7 Å². The number of nitriles is 1. The van der Waals surface area contributed by atoms with Crippen LogP contribution in [0.25, 0.3) is 16.9 Å². The van der Waals surface area contributed by atoms with Crippen LogP contribution < -0.4 is 0 Å². The van der Waals surface area contributed by atoms with E-state index in [1.807, 2.05) is 12.1 Å². The molecule has 0 fully saturated rings. The van der Waals surface area contributed by atoms with Crippen molar-refractivity contribution < 1.29 is 9.53 Å². The van der Waals surface area contributed by atoms with E-state index in [1.165, 1.54) is 11.8 Å². The van der Waals surface area contributed by atoms with E-state index in [2.05, 4.69) is 15.3 Å². The second kappa shape index (κ2) is 6.07. The van der Waals surface area contributed by atoms with Gasteiger partial charge in [0.05, 0.1) is 18.4 Å². The Morgan fingerprint density at radius 3 is 2.87 bits per heavy atom. The zero-order valence-corrected chi connectivity index (χ0v) is 12.2. The van der Waals surface area contributed by atoms with Gasteiger partial charge in [0.2, 0.25) is 0 Å². The number of hydrogen-bond donors (Lipinski definition) is 0. The molecule has 3 aromatic rings. The van der Waals surface area contributed by atoms with Crippen molar-refractivity contribution >= 4 is 5.97 Å². The summed E-state index contributed by atoms with van der Waals surface area (Å²) >= 11 is 0. The Labute approximate surface area is 131 Å². The minimum absolute atomic E-state index is 0.182. The first kappa shape index (κ1) is 14.4. The fourth-order valence-electron chi connectivity index (χ4n) is 2.18. The monoisotopic (exact) mass is 305 g/mol. The Hall–Kier alpha value is -3.53. The van der Waals surface area contributed by atoms with Crippen LogP contribution in [-0.4, -0.2) is 33.1 Å². The van der Waals surface area contributed by atoms with Crippen molar-refractivity contribution in [3.63, 3.8) is 0 Å². The molecule has 2 aromatic heterocycles. The van der Waals surface area contributed by atoms with Crippen LogP contribution in [-0.2, 0) is 4.74 Å². The molecule has 0 aliphatic rings. The molecule has 3 rings (SSSR count). The molecule has 0 bridgehead atoms. The number of methoxy groups -OCH3 is 1. The molecular formula is C16H11N5O2. The third kappa shape index (κ3) is 2.65. The summed E-state index contributed by atoms with van der Waals surface area (Å²) in [6.07, 6.45) is 3.27. The Kier molecular flexibility index (Phi) is 3.80. The van der Waals surface area contributed by atoms with Crippen LogP contribution >= 0.6 is 0 Å². The Bertz CT molecular complexity index is 896. The molecule has 0 N–H and O–H groups in total. The fourth-order valence-corrected chi connectivity index (χ4v) is 2.18. The van der Waals surface area contributed by atoms with Gasteiger partial charge in [-0.05, 0) is 30.3 Å². The third-order valence-electron chi connectivity index (χ3n) is 3.22. The van der Waals surface area contributed by atoms with Crippen LogP contribution in [0.2, 0.25) is 0 Å². The van der Waals surface area contributed by atoms with Gasteiger partial charge >= 0.3 is 5.97 Å². The molecule has 0 aliphatic heterocycles. The summed E-state index contributed by atoms with van der Waals surface area (Å²) in [7, 11) is 1.32. The summed E-state index contributed by atoms with van der Waals surface area (Å²) in [6.45, 7) is 0. The molecule has 0 atom stereocenters. The maximum absolute atomic E-state index is 11.7. The van der Waals surface area contributed by atoms with Gasteiger partial charge in [-0.3, -0.25) is 4.98 Å². The van der Waals surface area contributed by atoms with Crippen molar-refractivity contribution in [3.8, 4) is 23.0 Å². The zero-order chi connectivity index (χ0) is 16.2. The van der Waals surface area contributed by atoms with Gasteiger partial charge in [0.1, 0.15) is 11.8 Å². The lowest BCUT2D eigenvalue weighted by Gasteiger charge is -2.07. The molecule has 7 nitrogen and oxygen atoms in total. The van der Waals surface area contributed by atoms with Crippen molar-refractivity contribution in [2.24, 2.45) is 0 Å². The van der Waals surface area contributed by atoms with Crippen LogP contribution in [0, 0.1) is 11.3 Å². The maximum atomic E-state index is 11.7. The highest BCUT2D eigenvalue weighted by Gasteiger charge is 2.17. The summed E-state index contributed by atoms with van der Waals surface area (Å²) in [4.78, 5) is 15.7. The van der Waals surface area contributed by atoms with Gasteiger partial charge in [0.15, 0.2) is 5.69 Å². The summed E-state index contributed by atoms with van der Waals surface area (Å²) in [5, 5.41) is 17.2. The van der Waals surface area contributed by atoms with E-state index >= 15 is 0 Å². The molecule has 0 aliphatic carbocycles. The van der Waals surface area contributed by atoms with E-state index < -0.39 is 5.97 Å². The highest BCUT2D eigenvalue weighted by Crippen LogP contribution is 2.24. The Balaban J connectivity index is 2.17. The second-order valence-electron chi connectivity index (χ2n) is 4.59. The lowest BCUT2D eigenvalue weighted by atomic mass is 10.1. The van der Waals surface area contributed by atoms with Crippen LogP contribution in [0.3, 0.4) is 0 Å². The van der Waals surface area contributed by atoms with E-state index in [-0.39, 0.29) is 5.69 Å². The quantitative estimate of drug-likeness (QED) is 0.687. The molecule has 0 saturated heterocycles. The average molecular weight is 305 g/mol. The first-order valence-electron chi connectivity index (χ1n) is 6.69. The first-order valence-corrected chi connectivity index (χ1v) is 6.69. The van der Waals surface area contributed by atoms with Gasteiger partial charge in [-0.15, -0.1) is 5.10 Å². The van der Waals surface area contributed by atoms with Crippen molar-refractivity contribution in [2.45, 2.75) is 0 Å². The minimum Gasteiger partial charge on any atom is -0.465 e. The smallest absolute Gasteiger partial charge is 0.337 e. The van der Waals surface area contributed by atoms with Crippen molar-refractivity contribution in [2.75, 3.05) is 7.11 Å². The first-order chi connectivity index (χ1) is 11.2. The number of ether oxygens (including phenoxy) is 1. The van der Waals surface area contributed by atoms with Gasteiger partial charge in [0, 0.05) is 18.0 Å². The van der Waals surface area contributed by atoms with Crippen LogP contribution in [0.4, 0.5) is 0 Å². The molecule has 1 aromatic carbocycles. The Morgan fingerprint density at radius 2 is 2.17 bits per heavy atom. The molecule has 23 heavy (non-hydrogen) atoms. The van der Waals surface area contributed by atoms with Crippen molar-refractivity contribution in [1.29, 1.82) is 5.26 Å². The second-order valence-corrected chi connectivity index (χ2v) is 4.59. The number of esters is 1. The fraction of sp³-hybridized carbons (Fsp3) is 0.0625. The van der Waals surface area contributed by atoms with Gasteiger partial charge in [-0.25, -0.2) is 9.48 Å². The number of hydrogen-bond acceptors (Lipinski definition) is 6. The third-order valence-corrected chi connectivity index (χ3v) is 3.22. The van der Waals surface area contributed by atoms with Crippen molar-refractivity contribution in [1.82, 2.24) is 20.0 Å². The maximum Gasteiger partial charge on any atom is 0.337 e.